The highest BCUT2D eigenvalue weighted by molar-refractivity contribution is 5.93. The van der Waals surface area contributed by atoms with Gasteiger partial charge in [-0.3, -0.25) is 9.48 Å². The van der Waals surface area contributed by atoms with E-state index in [0.717, 1.165) is 30.2 Å². The van der Waals surface area contributed by atoms with E-state index >= 15 is 0 Å². The van der Waals surface area contributed by atoms with Gasteiger partial charge in [-0.2, -0.15) is 5.10 Å². The van der Waals surface area contributed by atoms with Crippen molar-refractivity contribution in [3.63, 3.8) is 0 Å². The van der Waals surface area contributed by atoms with Gasteiger partial charge in [-0.1, -0.05) is 30.3 Å². The molecule has 1 saturated heterocycles. The Morgan fingerprint density at radius 1 is 1.18 bits per heavy atom. The third-order valence-electron chi connectivity index (χ3n) is 4.61. The number of aromatic nitrogens is 4. The molecule has 1 aromatic carbocycles. The first-order chi connectivity index (χ1) is 13.7. The SMILES string of the molecule is Cn1nc(-c2ccccc2)cc1C(=O)NCc1nccc(N2CCOCC2)n1. The molecule has 0 unspecified atom stereocenters. The van der Waals surface area contributed by atoms with Crippen molar-refractivity contribution in [2.24, 2.45) is 7.05 Å². The summed E-state index contributed by atoms with van der Waals surface area (Å²) in [5.41, 5.74) is 2.22. The average Bonchev–Trinajstić information content (AvgIpc) is 3.15. The van der Waals surface area contributed by atoms with Gasteiger partial charge in [0.1, 0.15) is 17.3 Å². The summed E-state index contributed by atoms with van der Waals surface area (Å²) in [6.07, 6.45) is 1.72. The van der Waals surface area contributed by atoms with E-state index in [-0.39, 0.29) is 12.5 Å². The summed E-state index contributed by atoms with van der Waals surface area (Å²) < 4.78 is 6.96. The molecule has 3 heterocycles. The van der Waals surface area contributed by atoms with Crippen LogP contribution >= 0.6 is 0 Å². The van der Waals surface area contributed by atoms with E-state index in [1.54, 1.807) is 24.0 Å². The van der Waals surface area contributed by atoms with Gasteiger partial charge in [-0.15, -0.1) is 0 Å². The zero-order valence-electron chi connectivity index (χ0n) is 15.7. The van der Waals surface area contributed by atoms with Crippen LogP contribution in [0.2, 0.25) is 0 Å². The van der Waals surface area contributed by atoms with Gasteiger partial charge >= 0.3 is 0 Å². The smallest absolute Gasteiger partial charge is 0.269 e. The first-order valence-electron chi connectivity index (χ1n) is 9.23. The Morgan fingerprint density at radius 3 is 2.75 bits per heavy atom. The number of nitrogens with one attached hydrogen (secondary N) is 1. The quantitative estimate of drug-likeness (QED) is 0.727. The number of carbonyl (C=O) groups is 1. The van der Waals surface area contributed by atoms with E-state index in [4.69, 9.17) is 4.74 Å². The van der Waals surface area contributed by atoms with Gasteiger partial charge in [0.2, 0.25) is 0 Å². The molecule has 0 radical (unpaired) electrons. The van der Waals surface area contributed by atoms with Crippen LogP contribution < -0.4 is 10.2 Å². The molecular formula is C20H22N6O2. The van der Waals surface area contributed by atoms with E-state index in [9.17, 15) is 4.79 Å². The molecule has 0 bridgehead atoms. The van der Waals surface area contributed by atoms with Crippen molar-refractivity contribution in [1.82, 2.24) is 25.1 Å². The van der Waals surface area contributed by atoms with Crippen molar-refractivity contribution in [3.05, 3.63) is 60.2 Å². The second-order valence-electron chi connectivity index (χ2n) is 6.52. The molecule has 1 aliphatic rings. The van der Waals surface area contributed by atoms with Crippen LogP contribution in [0, 0.1) is 0 Å². The molecule has 8 heteroatoms. The number of ether oxygens (including phenoxy) is 1. The van der Waals surface area contributed by atoms with Gasteiger partial charge < -0.3 is 15.0 Å². The van der Waals surface area contributed by atoms with Crippen LogP contribution in [0.4, 0.5) is 5.82 Å². The normalized spacial score (nSPS) is 14.1. The van der Waals surface area contributed by atoms with Crippen LogP contribution in [0.25, 0.3) is 11.3 Å². The summed E-state index contributed by atoms with van der Waals surface area (Å²) in [4.78, 5) is 23.6. The Hall–Kier alpha value is -3.26. The van der Waals surface area contributed by atoms with E-state index in [1.165, 1.54) is 0 Å². The van der Waals surface area contributed by atoms with Crippen LogP contribution in [0.3, 0.4) is 0 Å². The molecule has 2 aromatic heterocycles. The Balaban J connectivity index is 1.43. The Bertz CT molecular complexity index is 950. The number of hydrogen-bond acceptors (Lipinski definition) is 6. The molecule has 1 N–H and O–H groups in total. The molecule has 0 saturated carbocycles. The topological polar surface area (TPSA) is 85.2 Å². The molecule has 28 heavy (non-hydrogen) atoms. The minimum atomic E-state index is -0.211. The lowest BCUT2D eigenvalue weighted by Gasteiger charge is -2.27. The van der Waals surface area contributed by atoms with Crippen LogP contribution in [-0.2, 0) is 18.3 Å². The third-order valence-corrected chi connectivity index (χ3v) is 4.61. The van der Waals surface area contributed by atoms with E-state index in [1.807, 2.05) is 36.4 Å². The van der Waals surface area contributed by atoms with Gasteiger partial charge in [0.05, 0.1) is 25.5 Å². The number of nitrogens with zero attached hydrogens (tertiary/aromatic N) is 5. The summed E-state index contributed by atoms with van der Waals surface area (Å²) >= 11 is 0. The minimum absolute atomic E-state index is 0.211. The second kappa shape index (κ2) is 8.18. The second-order valence-corrected chi connectivity index (χ2v) is 6.52. The fourth-order valence-corrected chi connectivity index (χ4v) is 3.12. The van der Waals surface area contributed by atoms with Crippen molar-refractivity contribution in [3.8, 4) is 11.3 Å². The Morgan fingerprint density at radius 2 is 1.96 bits per heavy atom. The van der Waals surface area contributed by atoms with Crippen LogP contribution in [0.5, 0.6) is 0 Å². The number of anilines is 1. The minimum Gasteiger partial charge on any atom is -0.378 e. The predicted octanol–water partition coefficient (Wildman–Crippen LogP) is 1.64. The maximum Gasteiger partial charge on any atom is 0.269 e. The maximum absolute atomic E-state index is 12.6. The number of benzene rings is 1. The predicted molar refractivity (Wildman–Crippen MR) is 105 cm³/mol. The van der Waals surface area contributed by atoms with Gasteiger partial charge in [-0.25, -0.2) is 9.97 Å². The summed E-state index contributed by atoms with van der Waals surface area (Å²) in [5, 5.41) is 7.32. The monoisotopic (exact) mass is 378 g/mol. The molecule has 8 nitrogen and oxygen atoms in total. The largest absolute Gasteiger partial charge is 0.378 e. The van der Waals surface area contributed by atoms with Gasteiger partial charge in [-0.05, 0) is 12.1 Å². The van der Waals surface area contributed by atoms with Crippen molar-refractivity contribution in [2.45, 2.75) is 6.54 Å². The van der Waals surface area contributed by atoms with Gasteiger partial charge in [0.15, 0.2) is 0 Å². The highest BCUT2D eigenvalue weighted by Gasteiger charge is 2.16. The summed E-state index contributed by atoms with van der Waals surface area (Å²) in [5.74, 6) is 1.22. The molecule has 0 atom stereocenters. The maximum atomic E-state index is 12.6. The van der Waals surface area contributed by atoms with Crippen LogP contribution in [-0.4, -0.2) is 52.0 Å². The highest BCUT2D eigenvalue weighted by atomic mass is 16.5. The van der Waals surface area contributed by atoms with Gasteiger partial charge in [0.25, 0.3) is 5.91 Å². The summed E-state index contributed by atoms with van der Waals surface area (Å²) in [6.45, 7) is 3.25. The van der Waals surface area contributed by atoms with Crippen LogP contribution in [0.15, 0.2) is 48.7 Å². The molecule has 1 fully saturated rings. The lowest BCUT2D eigenvalue weighted by molar-refractivity contribution is 0.0940. The summed E-state index contributed by atoms with van der Waals surface area (Å²) in [6, 6.07) is 13.4. The molecule has 0 spiro atoms. The summed E-state index contributed by atoms with van der Waals surface area (Å²) in [7, 11) is 1.76. The standard InChI is InChI=1S/C20H22N6O2/c1-25-17(13-16(24-25)15-5-3-2-4-6-15)20(27)22-14-18-21-8-7-19(23-18)26-9-11-28-12-10-26/h2-8,13H,9-12,14H2,1H3,(H,22,27). The number of carbonyl (C=O) groups excluding carboxylic acids is 1. The molecule has 0 aliphatic carbocycles. The number of morpholine rings is 1. The molecule has 1 aliphatic heterocycles. The lowest BCUT2D eigenvalue weighted by atomic mass is 10.1. The fourth-order valence-electron chi connectivity index (χ4n) is 3.12. The van der Waals surface area contributed by atoms with E-state index in [0.29, 0.717) is 24.7 Å². The van der Waals surface area contributed by atoms with E-state index in [2.05, 4.69) is 25.3 Å². The highest BCUT2D eigenvalue weighted by Crippen LogP contribution is 2.18. The van der Waals surface area contributed by atoms with Crippen molar-refractivity contribution in [1.29, 1.82) is 0 Å². The third kappa shape index (κ3) is 4.01. The van der Waals surface area contributed by atoms with Crippen molar-refractivity contribution < 1.29 is 9.53 Å². The molecule has 1 amide bonds. The van der Waals surface area contributed by atoms with Crippen molar-refractivity contribution in [2.75, 3.05) is 31.2 Å². The average molecular weight is 378 g/mol. The molecule has 144 valence electrons. The number of hydrogen-bond donors (Lipinski definition) is 1. The lowest BCUT2D eigenvalue weighted by Crippen LogP contribution is -2.37. The first kappa shape index (κ1) is 18.1. The van der Waals surface area contributed by atoms with Crippen molar-refractivity contribution >= 4 is 11.7 Å². The Kier molecular flexibility index (Phi) is 5.29. The fraction of sp³-hybridized carbons (Fsp3) is 0.300. The Labute approximate surface area is 163 Å². The zero-order chi connectivity index (χ0) is 19.3. The van der Waals surface area contributed by atoms with Crippen LogP contribution in [0.1, 0.15) is 16.3 Å². The number of amides is 1. The number of rotatable bonds is 5. The zero-order valence-corrected chi connectivity index (χ0v) is 15.7. The number of aryl methyl sites for hydroxylation is 1. The first-order valence-corrected chi connectivity index (χ1v) is 9.23. The van der Waals surface area contributed by atoms with Gasteiger partial charge in [0, 0.05) is 31.9 Å². The molecule has 3 aromatic rings. The molecular weight excluding hydrogens is 356 g/mol. The van der Waals surface area contributed by atoms with E-state index < -0.39 is 0 Å². The molecule has 4 rings (SSSR count).